The summed E-state index contributed by atoms with van der Waals surface area (Å²) in [5, 5.41) is 2.27. The van der Waals surface area contributed by atoms with E-state index < -0.39 is 0 Å². The average Bonchev–Trinajstić information content (AvgIpc) is 3.34. The van der Waals surface area contributed by atoms with Crippen molar-refractivity contribution in [2.45, 2.75) is 65.7 Å². The van der Waals surface area contributed by atoms with Crippen molar-refractivity contribution in [1.82, 2.24) is 4.98 Å². The van der Waals surface area contributed by atoms with Crippen LogP contribution < -0.4 is 0 Å². The van der Waals surface area contributed by atoms with Crippen molar-refractivity contribution >= 4 is 21.9 Å². The zero-order valence-corrected chi connectivity index (χ0v) is 25.2. The van der Waals surface area contributed by atoms with E-state index in [0.717, 1.165) is 38.8 Å². The third-order valence-electron chi connectivity index (χ3n) is 8.24. The summed E-state index contributed by atoms with van der Waals surface area (Å²) in [4.78, 5) is 4.93. The first kappa shape index (κ1) is 27.0. The van der Waals surface area contributed by atoms with Gasteiger partial charge in [-0.05, 0) is 92.6 Å². The second kappa shape index (κ2) is 10.3. The summed E-state index contributed by atoms with van der Waals surface area (Å²) in [6.45, 7) is 15.9. The Morgan fingerprint density at radius 1 is 0.634 bits per heavy atom. The van der Waals surface area contributed by atoms with Gasteiger partial charge in [0, 0.05) is 22.5 Å². The Labute approximate surface area is 244 Å². The second-order valence-corrected chi connectivity index (χ2v) is 12.9. The standard InChI is InChI=1S/C39H39NO/c1-24(2)30-14-11-15-31(25(3)4)37(30)28-18-19-40-35(20-28)34-23-29(39(5,6)7)22-33-32-17-16-27(21-36(32)41-38(33)34)26-12-9-8-10-13-26/h8-25H,1-7H3. The molecule has 0 saturated heterocycles. The molecule has 2 nitrogen and oxygen atoms in total. The van der Waals surface area contributed by atoms with E-state index in [9.17, 15) is 0 Å². The van der Waals surface area contributed by atoms with Crippen molar-refractivity contribution in [2.24, 2.45) is 0 Å². The summed E-state index contributed by atoms with van der Waals surface area (Å²) in [5.74, 6) is 0.843. The molecule has 0 amide bonds. The average molecular weight is 538 g/mol. The number of hydrogen-bond donors (Lipinski definition) is 0. The minimum atomic E-state index is -0.0246. The molecular formula is C39H39NO. The smallest absolute Gasteiger partial charge is 0.144 e. The molecule has 0 atom stereocenters. The minimum Gasteiger partial charge on any atom is -0.455 e. The van der Waals surface area contributed by atoms with E-state index in [2.05, 4.69) is 133 Å². The largest absolute Gasteiger partial charge is 0.455 e. The quantitative estimate of drug-likeness (QED) is 0.218. The van der Waals surface area contributed by atoms with Gasteiger partial charge < -0.3 is 4.42 Å². The van der Waals surface area contributed by atoms with Crippen molar-refractivity contribution in [1.29, 1.82) is 0 Å². The van der Waals surface area contributed by atoms with Gasteiger partial charge in [0.05, 0.1) is 5.69 Å². The number of pyridine rings is 1. The van der Waals surface area contributed by atoms with E-state index in [1.54, 1.807) is 0 Å². The van der Waals surface area contributed by atoms with Gasteiger partial charge in [-0.3, -0.25) is 4.98 Å². The highest BCUT2D eigenvalue weighted by Gasteiger charge is 2.22. The van der Waals surface area contributed by atoms with Gasteiger partial charge in [-0.2, -0.15) is 0 Å². The van der Waals surface area contributed by atoms with E-state index in [4.69, 9.17) is 9.40 Å². The SMILES string of the molecule is CC(C)c1cccc(C(C)C)c1-c1ccnc(-c2cc(C(C)(C)C)cc3c2oc2cc(-c4ccccc4)ccc23)c1. The maximum Gasteiger partial charge on any atom is 0.144 e. The summed E-state index contributed by atoms with van der Waals surface area (Å²) in [5.41, 5.74) is 12.6. The summed E-state index contributed by atoms with van der Waals surface area (Å²) in [6, 6.07) is 32.8. The Balaban J connectivity index is 1.60. The molecule has 0 fully saturated rings. The zero-order valence-electron chi connectivity index (χ0n) is 25.2. The molecule has 0 aliphatic carbocycles. The third kappa shape index (κ3) is 4.97. The van der Waals surface area contributed by atoms with Gasteiger partial charge in [-0.15, -0.1) is 0 Å². The number of nitrogens with zero attached hydrogens (tertiary/aromatic N) is 1. The van der Waals surface area contributed by atoms with Crippen LogP contribution >= 0.6 is 0 Å². The van der Waals surface area contributed by atoms with Crippen LogP contribution in [-0.2, 0) is 5.41 Å². The van der Waals surface area contributed by atoms with Crippen molar-refractivity contribution in [3.8, 4) is 33.5 Å². The van der Waals surface area contributed by atoms with Crippen LogP contribution in [0.1, 0.15) is 77.0 Å². The summed E-state index contributed by atoms with van der Waals surface area (Å²) in [7, 11) is 0. The van der Waals surface area contributed by atoms with Crippen LogP contribution in [0.25, 0.3) is 55.4 Å². The molecule has 4 aromatic carbocycles. The van der Waals surface area contributed by atoms with Crippen LogP contribution in [0.4, 0.5) is 0 Å². The van der Waals surface area contributed by atoms with Gasteiger partial charge in [0.15, 0.2) is 0 Å². The molecule has 0 N–H and O–H groups in total. The number of furan rings is 1. The fourth-order valence-corrected chi connectivity index (χ4v) is 5.93. The first-order valence-electron chi connectivity index (χ1n) is 14.8. The van der Waals surface area contributed by atoms with Crippen molar-refractivity contribution in [3.63, 3.8) is 0 Å². The predicted octanol–water partition coefficient (Wildman–Crippen LogP) is 11.5. The molecule has 2 heteroatoms. The predicted molar refractivity (Wildman–Crippen MR) is 175 cm³/mol. The Hall–Kier alpha value is -4.17. The Morgan fingerprint density at radius 2 is 1.34 bits per heavy atom. The molecule has 0 saturated carbocycles. The molecule has 0 bridgehead atoms. The number of rotatable bonds is 5. The molecule has 6 rings (SSSR count). The lowest BCUT2D eigenvalue weighted by Gasteiger charge is -2.21. The van der Waals surface area contributed by atoms with Crippen molar-refractivity contribution < 1.29 is 4.42 Å². The Bertz CT molecular complexity index is 1840. The van der Waals surface area contributed by atoms with Gasteiger partial charge in [-0.25, -0.2) is 0 Å². The molecule has 2 heterocycles. The van der Waals surface area contributed by atoms with E-state index in [0.29, 0.717) is 11.8 Å². The lowest BCUT2D eigenvalue weighted by Crippen LogP contribution is -2.11. The van der Waals surface area contributed by atoms with E-state index >= 15 is 0 Å². The Kier molecular flexibility index (Phi) is 6.82. The lowest BCUT2D eigenvalue weighted by atomic mass is 9.83. The van der Waals surface area contributed by atoms with Crippen LogP contribution in [0.15, 0.2) is 102 Å². The van der Waals surface area contributed by atoms with Crippen LogP contribution in [-0.4, -0.2) is 4.98 Å². The van der Waals surface area contributed by atoms with Crippen molar-refractivity contribution in [2.75, 3.05) is 0 Å². The van der Waals surface area contributed by atoms with Crippen LogP contribution in [0.2, 0.25) is 0 Å². The van der Waals surface area contributed by atoms with Crippen LogP contribution in [0.3, 0.4) is 0 Å². The summed E-state index contributed by atoms with van der Waals surface area (Å²) < 4.78 is 6.70. The second-order valence-electron chi connectivity index (χ2n) is 12.9. The van der Waals surface area contributed by atoms with Crippen LogP contribution in [0.5, 0.6) is 0 Å². The first-order chi connectivity index (χ1) is 19.6. The third-order valence-corrected chi connectivity index (χ3v) is 8.24. The van der Waals surface area contributed by atoms with E-state index in [1.165, 1.54) is 33.4 Å². The Morgan fingerprint density at radius 3 is 2.00 bits per heavy atom. The fraction of sp³-hybridized carbons (Fsp3) is 0.256. The maximum atomic E-state index is 6.70. The molecule has 6 aromatic rings. The highest BCUT2D eigenvalue weighted by molar-refractivity contribution is 6.10. The van der Waals surface area contributed by atoms with Crippen molar-refractivity contribution in [3.05, 3.63) is 114 Å². The number of benzene rings is 4. The van der Waals surface area contributed by atoms with Crippen LogP contribution in [0, 0.1) is 0 Å². The normalized spacial score (nSPS) is 12.2. The van der Waals surface area contributed by atoms with Gasteiger partial charge in [-0.1, -0.05) is 103 Å². The van der Waals surface area contributed by atoms with Gasteiger partial charge in [0.1, 0.15) is 11.2 Å². The van der Waals surface area contributed by atoms with Gasteiger partial charge >= 0.3 is 0 Å². The highest BCUT2D eigenvalue weighted by atomic mass is 16.3. The molecule has 0 aliphatic heterocycles. The molecule has 0 unspecified atom stereocenters. The molecule has 206 valence electrons. The molecule has 0 aliphatic rings. The minimum absolute atomic E-state index is 0.0246. The lowest BCUT2D eigenvalue weighted by molar-refractivity contribution is 0.590. The van der Waals surface area contributed by atoms with Gasteiger partial charge in [0.25, 0.3) is 0 Å². The zero-order chi connectivity index (χ0) is 28.9. The molecule has 0 spiro atoms. The fourth-order valence-electron chi connectivity index (χ4n) is 5.93. The monoisotopic (exact) mass is 537 g/mol. The molecular weight excluding hydrogens is 498 g/mol. The number of hydrogen-bond acceptors (Lipinski definition) is 2. The van der Waals surface area contributed by atoms with E-state index in [-0.39, 0.29) is 5.41 Å². The molecule has 0 radical (unpaired) electrons. The maximum absolute atomic E-state index is 6.70. The van der Waals surface area contributed by atoms with Gasteiger partial charge in [0.2, 0.25) is 0 Å². The first-order valence-corrected chi connectivity index (χ1v) is 14.8. The van der Waals surface area contributed by atoms with E-state index in [1.807, 2.05) is 12.3 Å². The number of aromatic nitrogens is 1. The molecule has 41 heavy (non-hydrogen) atoms. The summed E-state index contributed by atoms with van der Waals surface area (Å²) in [6.07, 6.45) is 1.96. The highest BCUT2D eigenvalue weighted by Crippen LogP contribution is 2.42. The molecule has 2 aromatic heterocycles. The summed E-state index contributed by atoms with van der Waals surface area (Å²) >= 11 is 0. The topological polar surface area (TPSA) is 26.0 Å². The number of fused-ring (bicyclic) bond motifs is 3.